The van der Waals surface area contributed by atoms with E-state index in [4.69, 9.17) is 11.6 Å². The van der Waals surface area contributed by atoms with E-state index in [0.29, 0.717) is 11.6 Å². The molecule has 0 aliphatic carbocycles. The summed E-state index contributed by atoms with van der Waals surface area (Å²) in [5, 5.41) is 12.1. The molecule has 0 bridgehead atoms. The van der Waals surface area contributed by atoms with Crippen molar-refractivity contribution in [2.75, 3.05) is 5.32 Å². The van der Waals surface area contributed by atoms with Crippen LogP contribution in [0.15, 0.2) is 42.9 Å². The van der Waals surface area contributed by atoms with Crippen LogP contribution in [0.4, 0.5) is 5.69 Å². The van der Waals surface area contributed by atoms with E-state index in [2.05, 4.69) is 20.5 Å². The van der Waals surface area contributed by atoms with E-state index < -0.39 is 0 Å². The number of hydrogen-bond acceptors (Lipinski definition) is 4. The van der Waals surface area contributed by atoms with Crippen LogP contribution >= 0.6 is 11.6 Å². The first-order chi connectivity index (χ1) is 8.83. The van der Waals surface area contributed by atoms with Crippen molar-refractivity contribution in [1.29, 1.82) is 0 Å². The summed E-state index contributed by atoms with van der Waals surface area (Å²) in [7, 11) is 0. The molecule has 90 valence electrons. The molecule has 0 saturated heterocycles. The van der Waals surface area contributed by atoms with E-state index in [1.54, 1.807) is 12.5 Å². The summed E-state index contributed by atoms with van der Waals surface area (Å²) in [6.45, 7) is 0.563. The molecule has 2 heterocycles. The van der Waals surface area contributed by atoms with Gasteiger partial charge in [-0.2, -0.15) is 0 Å². The topological polar surface area (TPSA) is 55.1 Å². The summed E-state index contributed by atoms with van der Waals surface area (Å²) in [4.78, 5) is 4.05. The molecule has 0 saturated carbocycles. The van der Waals surface area contributed by atoms with Crippen molar-refractivity contribution in [3.05, 3.63) is 53.7 Å². The molecule has 3 aromatic rings. The molecule has 0 aliphatic heterocycles. The Labute approximate surface area is 108 Å². The van der Waals surface area contributed by atoms with E-state index in [1.807, 2.05) is 34.7 Å². The van der Waals surface area contributed by atoms with Gasteiger partial charge in [0.25, 0.3) is 0 Å². The van der Waals surface area contributed by atoms with Gasteiger partial charge in [-0.25, -0.2) is 4.98 Å². The zero-order chi connectivity index (χ0) is 12.4. The second-order valence-electron chi connectivity index (χ2n) is 3.79. The Kier molecular flexibility index (Phi) is 2.82. The Morgan fingerprint density at radius 2 is 2.17 bits per heavy atom. The van der Waals surface area contributed by atoms with Crippen molar-refractivity contribution in [2.24, 2.45) is 0 Å². The summed E-state index contributed by atoms with van der Waals surface area (Å²) < 4.78 is 1.84. The fourth-order valence-corrected chi connectivity index (χ4v) is 1.88. The Hall–Kier alpha value is -2.14. The molecule has 0 amide bonds. The van der Waals surface area contributed by atoms with Gasteiger partial charge in [-0.3, -0.25) is 4.40 Å². The molecule has 0 radical (unpaired) electrons. The lowest BCUT2D eigenvalue weighted by Crippen LogP contribution is -2.04. The van der Waals surface area contributed by atoms with Gasteiger partial charge in [-0.15, -0.1) is 10.2 Å². The van der Waals surface area contributed by atoms with Gasteiger partial charge in [0.2, 0.25) is 0 Å². The SMILES string of the molecule is Clc1cccc(NCc2nnc3ccncn23)c1. The zero-order valence-electron chi connectivity index (χ0n) is 9.42. The number of anilines is 1. The summed E-state index contributed by atoms with van der Waals surface area (Å²) in [6, 6.07) is 9.36. The standard InChI is InChI=1S/C12H10ClN5/c13-9-2-1-3-10(6-9)15-7-12-17-16-11-4-5-14-8-18(11)12/h1-6,8,15H,7H2. The second kappa shape index (κ2) is 4.62. The normalized spacial score (nSPS) is 10.7. The van der Waals surface area contributed by atoms with Gasteiger partial charge in [0.1, 0.15) is 6.33 Å². The maximum atomic E-state index is 5.92. The van der Waals surface area contributed by atoms with Crippen LogP contribution in [0, 0.1) is 0 Å². The number of aromatic nitrogens is 4. The third-order valence-electron chi connectivity index (χ3n) is 2.56. The molecule has 0 spiro atoms. The average molecular weight is 260 g/mol. The van der Waals surface area contributed by atoms with Crippen LogP contribution in [-0.4, -0.2) is 19.6 Å². The van der Waals surface area contributed by atoms with Crippen LogP contribution in [-0.2, 0) is 6.54 Å². The fourth-order valence-electron chi connectivity index (χ4n) is 1.69. The fraction of sp³-hybridized carbons (Fsp3) is 0.0833. The van der Waals surface area contributed by atoms with Crippen LogP contribution in [0.2, 0.25) is 5.02 Å². The Bertz CT molecular complexity index is 679. The van der Waals surface area contributed by atoms with Gasteiger partial charge in [0.05, 0.1) is 6.54 Å². The first-order valence-corrected chi connectivity index (χ1v) is 5.84. The van der Waals surface area contributed by atoms with E-state index >= 15 is 0 Å². The lowest BCUT2D eigenvalue weighted by molar-refractivity contribution is 0.904. The third kappa shape index (κ3) is 2.12. The molecule has 3 rings (SSSR count). The summed E-state index contributed by atoms with van der Waals surface area (Å²) in [5.74, 6) is 0.804. The maximum absolute atomic E-state index is 5.92. The minimum Gasteiger partial charge on any atom is -0.378 e. The Morgan fingerprint density at radius 1 is 1.22 bits per heavy atom. The summed E-state index contributed by atoms with van der Waals surface area (Å²) in [6.07, 6.45) is 3.39. The Morgan fingerprint density at radius 3 is 3.06 bits per heavy atom. The highest BCUT2D eigenvalue weighted by Crippen LogP contribution is 2.15. The highest BCUT2D eigenvalue weighted by molar-refractivity contribution is 6.30. The number of hydrogen-bond donors (Lipinski definition) is 1. The highest BCUT2D eigenvalue weighted by atomic mass is 35.5. The number of nitrogens with zero attached hydrogens (tertiary/aromatic N) is 4. The van der Waals surface area contributed by atoms with Crippen molar-refractivity contribution in [1.82, 2.24) is 19.6 Å². The second-order valence-corrected chi connectivity index (χ2v) is 4.23. The number of benzene rings is 1. The molecular formula is C12H10ClN5. The number of nitrogens with one attached hydrogen (secondary N) is 1. The van der Waals surface area contributed by atoms with Crippen molar-refractivity contribution in [3.63, 3.8) is 0 Å². The van der Waals surface area contributed by atoms with Crippen molar-refractivity contribution < 1.29 is 0 Å². The molecule has 0 aliphatic rings. The molecule has 0 unspecified atom stereocenters. The van der Waals surface area contributed by atoms with Crippen LogP contribution < -0.4 is 5.32 Å². The van der Waals surface area contributed by atoms with Crippen molar-refractivity contribution in [3.8, 4) is 0 Å². The molecule has 1 N–H and O–H groups in total. The lowest BCUT2D eigenvalue weighted by Gasteiger charge is -2.05. The molecule has 0 fully saturated rings. The molecule has 1 aromatic carbocycles. The number of halogens is 1. The number of rotatable bonds is 3. The van der Waals surface area contributed by atoms with E-state index in [-0.39, 0.29) is 0 Å². The largest absolute Gasteiger partial charge is 0.378 e. The minimum atomic E-state index is 0.563. The van der Waals surface area contributed by atoms with E-state index in [0.717, 1.165) is 17.2 Å². The van der Waals surface area contributed by atoms with Gasteiger partial charge >= 0.3 is 0 Å². The van der Waals surface area contributed by atoms with Crippen LogP contribution in [0.3, 0.4) is 0 Å². The van der Waals surface area contributed by atoms with Gasteiger partial charge in [-0.1, -0.05) is 17.7 Å². The predicted molar refractivity (Wildman–Crippen MR) is 69.6 cm³/mol. The quantitative estimate of drug-likeness (QED) is 0.785. The summed E-state index contributed by atoms with van der Waals surface area (Å²) in [5.41, 5.74) is 1.73. The van der Waals surface area contributed by atoms with Crippen LogP contribution in [0.1, 0.15) is 5.82 Å². The van der Waals surface area contributed by atoms with Gasteiger partial charge in [0, 0.05) is 23.0 Å². The van der Waals surface area contributed by atoms with E-state index in [9.17, 15) is 0 Å². The predicted octanol–water partition coefficient (Wildman–Crippen LogP) is 2.39. The molecule has 18 heavy (non-hydrogen) atoms. The summed E-state index contributed by atoms with van der Waals surface area (Å²) >= 11 is 5.92. The third-order valence-corrected chi connectivity index (χ3v) is 2.79. The molecule has 2 aromatic heterocycles. The zero-order valence-corrected chi connectivity index (χ0v) is 10.2. The average Bonchev–Trinajstić information content (AvgIpc) is 2.80. The first kappa shape index (κ1) is 11.0. The lowest BCUT2D eigenvalue weighted by atomic mass is 10.3. The highest BCUT2D eigenvalue weighted by Gasteiger charge is 2.04. The van der Waals surface area contributed by atoms with Crippen LogP contribution in [0.5, 0.6) is 0 Å². The minimum absolute atomic E-state index is 0.563. The van der Waals surface area contributed by atoms with E-state index in [1.165, 1.54) is 0 Å². The molecule has 5 nitrogen and oxygen atoms in total. The maximum Gasteiger partial charge on any atom is 0.163 e. The molecule has 0 atom stereocenters. The van der Waals surface area contributed by atoms with Gasteiger partial charge in [0.15, 0.2) is 11.5 Å². The van der Waals surface area contributed by atoms with Crippen molar-refractivity contribution >= 4 is 22.9 Å². The monoisotopic (exact) mass is 259 g/mol. The molecule has 6 heteroatoms. The smallest absolute Gasteiger partial charge is 0.163 e. The Balaban J connectivity index is 1.81. The number of fused-ring (bicyclic) bond motifs is 1. The molecular weight excluding hydrogens is 250 g/mol. The van der Waals surface area contributed by atoms with Gasteiger partial charge < -0.3 is 5.32 Å². The van der Waals surface area contributed by atoms with Gasteiger partial charge in [-0.05, 0) is 18.2 Å². The van der Waals surface area contributed by atoms with Crippen LogP contribution in [0.25, 0.3) is 5.65 Å². The first-order valence-electron chi connectivity index (χ1n) is 5.46. The van der Waals surface area contributed by atoms with Crippen molar-refractivity contribution in [2.45, 2.75) is 6.54 Å².